The van der Waals surface area contributed by atoms with E-state index in [-0.39, 0.29) is 18.1 Å². The fraction of sp³-hybridized carbons (Fsp3) is 0.526. The average molecular weight is 355 g/mol. The molecule has 1 fully saturated rings. The van der Waals surface area contributed by atoms with Crippen LogP contribution in [0.4, 0.5) is 0 Å². The summed E-state index contributed by atoms with van der Waals surface area (Å²) in [6.07, 6.45) is 0.790. The van der Waals surface area contributed by atoms with Crippen LogP contribution >= 0.6 is 0 Å². The maximum Gasteiger partial charge on any atom is 0.227 e. The number of amides is 1. The van der Waals surface area contributed by atoms with Gasteiger partial charge in [0.05, 0.1) is 25.1 Å². The van der Waals surface area contributed by atoms with Crippen LogP contribution < -0.4 is 0 Å². The van der Waals surface area contributed by atoms with E-state index in [4.69, 9.17) is 0 Å². The number of hydrogen-bond donors (Lipinski definition) is 1. The number of rotatable bonds is 3. The van der Waals surface area contributed by atoms with Crippen molar-refractivity contribution in [2.24, 2.45) is 0 Å². The Kier molecular flexibility index (Phi) is 4.50. The highest BCUT2D eigenvalue weighted by Crippen LogP contribution is 2.30. The van der Waals surface area contributed by atoms with E-state index in [2.05, 4.69) is 19.7 Å². The molecule has 0 spiro atoms. The van der Waals surface area contributed by atoms with Crippen molar-refractivity contribution < 1.29 is 9.90 Å². The average Bonchev–Trinajstić information content (AvgIpc) is 3.18. The minimum atomic E-state index is -0.311. The van der Waals surface area contributed by atoms with Gasteiger partial charge in [-0.3, -0.25) is 9.69 Å². The summed E-state index contributed by atoms with van der Waals surface area (Å²) in [4.78, 5) is 16.6. The lowest BCUT2D eigenvalue weighted by atomic mass is 10.1. The van der Waals surface area contributed by atoms with Crippen molar-refractivity contribution in [3.05, 3.63) is 47.0 Å². The standard InChI is InChI=1S/C19H25N5O2/c1-13-3-5-14(6-4-13)9-18(26)23-7-8-24-17(12-23)20-21-19(24)16-10-15(25)11-22(16)2/h3-6,15-16,25H,7-12H2,1-2H3. The molecule has 7 heteroatoms. The summed E-state index contributed by atoms with van der Waals surface area (Å²) in [6.45, 7) is 4.57. The van der Waals surface area contributed by atoms with E-state index in [1.807, 2.05) is 43.1 Å². The van der Waals surface area contributed by atoms with Crippen LogP contribution in [-0.2, 0) is 24.3 Å². The lowest BCUT2D eigenvalue weighted by molar-refractivity contribution is -0.132. The monoisotopic (exact) mass is 355 g/mol. The predicted octanol–water partition coefficient (Wildman–Crippen LogP) is 0.909. The summed E-state index contributed by atoms with van der Waals surface area (Å²) in [5.74, 6) is 1.86. The number of likely N-dealkylation sites (tertiary alicyclic amines) is 1. The zero-order valence-electron chi connectivity index (χ0n) is 15.3. The molecule has 138 valence electrons. The first kappa shape index (κ1) is 17.2. The minimum Gasteiger partial charge on any atom is -0.392 e. The molecule has 2 unspecified atom stereocenters. The molecule has 2 aromatic rings. The summed E-state index contributed by atoms with van der Waals surface area (Å²) < 4.78 is 2.12. The Morgan fingerprint density at radius 1 is 1.23 bits per heavy atom. The molecular weight excluding hydrogens is 330 g/mol. The predicted molar refractivity (Wildman–Crippen MR) is 96.3 cm³/mol. The maximum absolute atomic E-state index is 12.6. The van der Waals surface area contributed by atoms with Crippen LogP contribution in [0, 0.1) is 6.92 Å². The number of carbonyl (C=O) groups is 1. The van der Waals surface area contributed by atoms with Gasteiger partial charge in [-0.2, -0.15) is 0 Å². The Morgan fingerprint density at radius 3 is 2.69 bits per heavy atom. The van der Waals surface area contributed by atoms with E-state index in [1.165, 1.54) is 5.56 Å². The molecule has 2 aliphatic heterocycles. The van der Waals surface area contributed by atoms with Crippen molar-refractivity contribution in [2.45, 2.75) is 45.0 Å². The van der Waals surface area contributed by atoms with Crippen LogP contribution in [0.1, 0.15) is 35.2 Å². The van der Waals surface area contributed by atoms with Crippen molar-refractivity contribution >= 4 is 5.91 Å². The van der Waals surface area contributed by atoms with E-state index < -0.39 is 0 Å². The second-order valence-electron chi connectivity index (χ2n) is 7.45. The van der Waals surface area contributed by atoms with E-state index in [0.717, 1.165) is 17.2 Å². The zero-order valence-corrected chi connectivity index (χ0v) is 15.3. The number of benzene rings is 1. The van der Waals surface area contributed by atoms with Crippen LogP contribution in [0.2, 0.25) is 0 Å². The van der Waals surface area contributed by atoms with Crippen molar-refractivity contribution in [1.82, 2.24) is 24.6 Å². The van der Waals surface area contributed by atoms with Crippen LogP contribution in [0.3, 0.4) is 0 Å². The van der Waals surface area contributed by atoms with E-state index in [1.54, 1.807) is 0 Å². The van der Waals surface area contributed by atoms with Gasteiger partial charge in [0.25, 0.3) is 0 Å². The third-order valence-corrected chi connectivity index (χ3v) is 5.43. The highest BCUT2D eigenvalue weighted by molar-refractivity contribution is 5.78. The van der Waals surface area contributed by atoms with Crippen LogP contribution in [0.25, 0.3) is 0 Å². The number of hydrogen-bond acceptors (Lipinski definition) is 5. The van der Waals surface area contributed by atoms with Crippen molar-refractivity contribution in [3.63, 3.8) is 0 Å². The largest absolute Gasteiger partial charge is 0.392 e. The third-order valence-electron chi connectivity index (χ3n) is 5.43. The topological polar surface area (TPSA) is 74.5 Å². The minimum absolute atomic E-state index is 0.0982. The second kappa shape index (κ2) is 6.81. The van der Waals surface area contributed by atoms with Gasteiger partial charge in [0.2, 0.25) is 5.91 Å². The number of aromatic nitrogens is 3. The summed E-state index contributed by atoms with van der Waals surface area (Å²) in [5.41, 5.74) is 2.23. The molecule has 26 heavy (non-hydrogen) atoms. The normalized spacial score (nSPS) is 23.3. The highest BCUT2D eigenvalue weighted by Gasteiger charge is 2.35. The molecule has 1 aromatic carbocycles. The van der Waals surface area contributed by atoms with Gasteiger partial charge in [0.1, 0.15) is 0 Å². The van der Waals surface area contributed by atoms with E-state index in [9.17, 15) is 9.90 Å². The highest BCUT2D eigenvalue weighted by atomic mass is 16.3. The smallest absolute Gasteiger partial charge is 0.227 e. The first-order chi connectivity index (χ1) is 12.5. The van der Waals surface area contributed by atoms with E-state index in [0.29, 0.717) is 39.0 Å². The maximum atomic E-state index is 12.6. The molecule has 0 bridgehead atoms. The number of aliphatic hydroxyl groups excluding tert-OH is 1. The van der Waals surface area contributed by atoms with Crippen LogP contribution in [0.5, 0.6) is 0 Å². The van der Waals surface area contributed by atoms with Gasteiger partial charge in [0, 0.05) is 19.6 Å². The van der Waals surface area contributed by atoms with Crippen LogP contribution in [0.15, 0.2) is 24.3 Å². The molecule has 7 nitrogen and oxygen atoms in total. The summed E-state index contributed by atoms with van der Waals surface area (Å²) in [7, 11) is 2.00. The molecule has 4 rings (SSSR count). The molecule has 0 saturated carbocycles. The van der Waals surface area contributed by atoms with Gasteiger partial charge in [0.15, 0.2) is 11.6 Å². The Balaban J connectivity index is 1.45. The van der Waals surface area contributed by atoms with Gasteiger partial charge in [-0.25, -0.2) is 0 Å². The first-order valence-electron chi connectivity index (χ1n) is 9.15. The molecule has 3 heterocycles. The van der Waals surface area contributed by atoms with Crippen molar-refractivity contribution in [2.75, 3.05) is 20.1 Å². The molecular formula is C19H25N5O2. The Labute approximate surface area is 153 Å². The van der Waals surface area contributed by atoms with Gasteiger partial charge in [-0.05, 0) is 26.0 Å². The molecule has 0 aliphatic carbocycles. The Hall–Kier alpha value is -2.25. The van der Waals surface area contributed by atoms with Crippen LogP contribution in [-0.4, -0.2) is 61.8 Å². The van der Waals surface area contributed by atoms with Gasteiger partial charge < -0.3 is 14.6 Å². The molecule has 2 atom stereocenters. The number of aliphatic hydroxyl groups is 1. The fourth-order valence-corrected chi connectivity index (χ4v) is 3.91. The van der Waals surface area contributed by atoms with Crippen molar-refractivity contribution in [3.8, 4) is 0 Å². The second-order valence-corrected chi connectivity index (χ2v) is 7.45. The lowest BCUT2D eigenvalue weighted by Gasteiger charge is -2.29. The fourth-order valence-electron chi connectivity index (χ4n) is 3.91. The van der Waals surface area contributed by atoms with Gasteiger partial charge in [-0.15, -0.1) is 10.2 Å². The molecule has 1 amide bonds. The molecule has 1 N–H and O–H groups in total. The quantitative estimate of drug-likeness (QED) is 0.886. The first-order valence-corrected chi connectivity index (χ1v) is 9.15. The van der Waals surface area contributed by atoms with Gasteiger partial charge in [-0.1, -0.05) is 29.8 Å². The number of fused-ring (bicyclic) bond motifs is 1. The SMILES string of the molecule is Cc1ccc(CC(=O)N2CCn3c(nnc3C3CC(O)CN3C)C2)cc1. The summed E-state index contributed by atoms with van der Waals surface area (Å²) in [5, 5.41) is 18.6. The molecule has 2 aliphatic rings. The summed E-state index contributed by atoms with van der Waals surface area (Å²) >= 11 is 0. The Morgan fingerprint density at radius 2 is 2.00 bits per heavy atom. The molecule has 0 radical (unpaired) electrons. The number of aryl methyl sites for hydroxylation is 1. The Bertz CT molecular complexity index is 801. The number of β-amino-alcohol motifs (C(OH)–C–C–N with tert-alkyl or cyclic N) is 1. The number of likely N-dealkylation sites (N-methyl/N-ethyl adjacent to an activating group) is 1. The zero-order chi connectivity index (χ0) is 18.3. The van der Waals surface area contributed by atoms with Gasteiger partial charge >= 0.3 is 0 Å². The third kappa shape index (κ3) is 3.24. The number of carbonyl (C=O) groups excluding carboxylic acids is 1. The molecule has 1 saturated heterocycles. The number of nitrogens with zero attached hydrogens (tertiary/aromatic N) is 5. The van der Waals surface area contributed by atoms with E-state index >= 15 is 0 Å². The molecule has 1 aromatic heterocycles. The lowest BCUT2D eigenvalue weighted by Crippen LogP contribution is -2.40. The summed E-state index contributed by atoms with van der Waals surface area (Å²) in [6, 6.07) is 8.20. The van der Waals surface area contributed by atoms with Crippen molar-refractivity contribution in [1.29, 1.82) is 0 Å².